The van der Waals surface area contributed by atoms with Gasteiger partial charge in [-0.05, 0) is 117 Å². The zero-order valence-corrected chi connectivity index (χ0v) is 30.1. The summed E-state index contributed by atoms with van der Waals surface area (Å²) in [6.07, 6.45) is 12.2. The molecule has 2 aliphatic carbocycles. The van der Waals surface area contributed by atoms with Gasteiger partial charge in [0.15, 0.2) is 5.78 Å². The predicted molar refractivity (Wildman–Crippen MR) is 209 cm³/mol. The molecule has 2 aliphatic rings. The van der Waals surface area contributed by atoms with Crippen molar-refractivity contribution < 1.29 is 15.0 Å². The van der Waals surface area contributed by atoms with Crippen LogP contribution in [0.4, 0.5) is 0 Å². The number of carbonyl (C=O) groups excluding carboxylic acids is 1. The van der Waals surface area contributed by atoms with Crippen LogP contribution in [0.1, 0.15) is 121 Å². The van der Waals surface area contributed by atoms with Crippen molar-refractivity contribution in [2.24, 2.45) is 11.5 Å². The molecule has 0 bridgehead atoms. The molecule has 4 aromatic carbocycles. The van der Waals surface area contributed by atoms with E-state index < -0.39 is 5.54 Å². The van der Waals surface area contributed by atoms with Crippen molar-refractivity contribution in [3.05, 3.63) is 143 Å². The topological polar surface area (TPSA) is 110 Å². The SMILES string of the molecule is N[C@]1(CO)CC[C@@H](c2ccc(C#CCCCc3ccccc3)cc2)C1.N[C@]1(CO)CC[C@@H](c2ccc(C(=O)CCCCc3ccccc3)cc2)C1. The molecule has 0 radical (unpaired) electrons. The number of aliphatic hydroxyl groups excluding tert-OH is 2. The molecule has 0 heterocycles. The minimum Gasteiger partial charge on any atom is -0.394 e. The van der Waals surface area contributed by atoms with Crippen molar-refractivity contribution >= 4 is 5.78 Å². The third kappa shape index (κ3) is 11.7. The molecule has 0 unspecified atom stereocenters. The van der Waals surface area contributed by atoms with Crippen molar-refractivity contribution in [1.82, 2.24) is 0 Å². The zero-order valence-electron chi connectivity index (χ0n) is 30.1. The number of aryl methyl sites for hydroxylation is 2. The summed E-state index contributed by atoms with van der Waals surface area (Å²) in [5.74, 6) is 7.62. The van der Waals surface area contributed by atoms with E-state index in [9.17, 15) is 15.0 Å². The van der Waals surface area contributed by atoms with Gasteiger partial charge < -0.3 is 21.7 Å². The molecule has 6 N–H and O–H groups in total. The first-order chi connectivity index (χ1) is 24.8. The maximum absolute atomic E-state index is 12.4. The van der Waals surface area contributed by atoms with Gasteiger partial charge in [0.2, 0.25) is 0 Å². The molecular formula is C46H56N2O3. The number of aliphatic hydroxyl groups is 2. The van der Waals surface area contributed by atoms with Crippen LogP contribution < -0.4 is 11.5 Å². The Morgan fingerprint density at radius 3 is 1.63 bits per heavy atom. The van der Waals surface area contributed by atoms with E-state index >= 15 is 0 Å². The highest BCUT2D eigenvalue weighted by Crippen LogP contribution is 2.40. The van der Waals surface area contributed by atoms with Crippen molar-refractivity contribution in [3.63, 3.8) is 0 Å². The molecule has 0 amide bonds. The monoisotopic (exact) mass is 684 g/mol. The van der Waals surface area contributed by atoms with Crippen LogP contribution in [0.5, 0.6) is 0 Å². The summed E-state index contributed by atoms with van der Waals surface area (Å²) in [5, 5.41) is 18.8. The maximum atomic E-state index is 12.4. The van der Waals surface area contributed by atoms with Crippen LogP contribution in [0.15, 0.2) is 109 Å². The van der Waals surface area contributed by atoms with Crippen LogP contribution in [0.2, 0.25) is 0 Å². The fraction of sp³-hybridized carbons (Fsp3) is 0.413. The summed E-state index contributed by atoms with van der Waals surface area (Å²) in [6.45, 7) is 0.124. The Morgan fingerprint density at radius 2 is 1.14 bits per heavy atom. The lowest BCUT2D eigenvalue weighted by molar-refractivity contribution is 0.0979. The number of ketones is 1. The lowest BCUT2D eigenvalue weighted by Crippen LogP contribution is -2.40. The van der Waals surface area contributed by atoms with Gasteiger partial charge in [-0.25, -0.2) is 0 Å². The third-order valence-electron chi connectivity index (χ3n) is 10.8. The molecule has 51 heavy (non-hydrogen) atoms. The van der Waals surface area contributed by atoms with E-state index in [1.165, 1.54) is 22.3 Å². The molecule has 4 aromatic rings. The fourth-order valence-electron chi connectivity index (χ4n) is 7.54. The van der Waals surface area contributed by atoms with Crippen molar-refractivity contribution in [1.29, 1.82) is 0 Å². The number of unbranched alkanes of at least 4 members (excludes halogenated alkanes) is 2. The number of hydrogen-bond donors (Lipinski definition) is 4. The Hall–Kier alpha value is -4.05. The first kappa shape index (κ1) is 38.2. The summed E-state index contributed by atoms with van der Waals surface area (Å²) >= 11 is 0. The third-order valence-corrected chi connectivity index (χ3v) is 10.8. The summed E-state index contributed by atoms with van der Waals surface area (Å²) in [5.41, 5.74) is 18.7. The van der Waals surface area contributed by atoms with E-state index in [2.05, 4.69) is 103 Å². The second kappa shape index (κ2) is 19.0. The summed E-state index contributed by atoms with van der Waals surface area (Å²) in [7, 11) is 0. The van der Waals surface area contributed by atoms with E-state index in [1.54, 1.807) is 0 Å². The molecule has 0 saturated heterocycles. The number of hydrogen-bond acceptors (Lipinski definition) is 5. The average molecular weight is 685 g/mol. The molecule has 6 rings (SSSR count). The van der Waals surface area contributed by atoms with E-state index in [-0.39, 0.29) is 24.5 Å². The van der Waals surface area contributed by atoms with Gasteiger partial charge >= 0.3 is 0 Å². The maximum Gasteiger partial charge on any atom is 0.162 e. The van der Waals surface area contributed by atoms with E-state index in [4.69, 9.17) is 11.5 Å². The normalized spacial score (nSPS) is 22.4. The van der Waals surface area contributed by atoms with Crippen molar-refractivity contribution in [2.75, 3.05) is 13.2 Å². The van der Waals surface area contributed by atoms with Gasteiger partial charge in [-0.2, -0.15) is 0 Å². The quantitative estimate of drug-likeness (QED) is 0.0644. The van der Waals surface area contributed by atoms with Crippen LogP contribution in [0, 0.1) is 11.8 Å². The number of Topliss-reactive ketones (excluding diaryl/α,β-unsaturated/α-hetero) is 1. The van der Waals surface area contributed by atoms with Crippen LogP contribution in [0.25, 0.3) is 0 Å². The Morgan fingerprint density at radius 1 is 0.647 bits per heavy atom. The lowest BCUT2D eigenvalue weighted by atomic mass is 9.92. The predicted octanol–water partition coefficient (Wildman–Crippen LogP) is 8.26. The van der Waals surface area contributed by atoms with Crippen LogP contribution in [-0.2, 0) is 12.8 Å². The van der Waals surface area contributed by atoms with E-state index in [0.717, 1.165) is 88.2 Å². The van der Waals surface area contributed by atoms with Crippen LogP contribution in [-0.4, -0.2) is 40.3 Å². The van der Waals surface area contributed by atoms with Gasteiger partial charge in [-0.1, -0.05) is 109 Å². The van der Waals surface area contributed by atoms with Gasteiger partial charge in [0.05, 0.1) is 13.2 Å². The van der Waals surface area contributed by atoms with Crippen LogP contribution in [0.3, 0.4) is 0 Å². The molecule has 268 valence electrons. The molecule has 2 saturated carbocycles. The molecule has 4 atom stereocenters. The molecule has 0 aromatic heterocycles. The Balaban J connectivity index is 0.000000198. The number of rotatable bonds is 13. The smallest absolute Gasteiger partial charge is 0.162 e. The molecule has 0 spiro atoms. The molecule has 2 fully saturated rings. The lowest BCUT2D eigenvalue weighted by Gasteiger charge is -2.20. The summed E-state index contributed by atoms with van der Waals surface area (Å²) in [6, 6.07) is 37.5. The Labute approximate surface area is 305 Å². The highest BCUT2D eigenvalue weighted by molar-refractivity contribution is 5.96. The molecule has 0 aliphatic heterocycles. The zero-order chi connectivity index (χ0) is 35.9. The Kier molecular flexibility index (Phi) is 14.2. The number of nitrogens with two attached hydrogens (primary N) is 2. The van der Waals surface area contributed by atoms with Crippen molar-refractivity contribution in [3.8, 4) is 11.8 Å². The second-order valence-corrected chi connectivity index (χ2v) is 14.9. The Bertz CT molecular complexity index is 1700. The molecule has 5 heteroatoms. The first-order valence-electron chi connectivity index (χ1n) is 18.9. The minimum atomic E-state index is -0.433. The fourth-order valence-corrected chi connectivity index (χ4v) is 7.54. The summed E-state index contributed by atoms with van der Waals surface area (Å²) in [4.78, 5) is 12.4. The standard InChI is InChI=1S/C23H29NO2.C23H27NO/c24-23(17-25)15-14-21(16-23)19-10-12-20(13-11-19)22(26)9-5-4-8-18-6-2-1-3-7-18;24-23(18-25)16-15-22(17-23)21-13-11-20(12-14-21)10-6-2-5-9-19-7-3-1-4-8-19/h1-3,6-7,10-13,21,25H,4-5,8-9,14-17,24H2;1,3-4,7-8,11-14,22,25H,2,5,9,15-18,24H2/t21-,23-;22-,23-/m11/s1. The minimum absolute atomic E-state index is 0.0447. The largest absolute Gasteiger partial charge is 0.394 e. The number of benzene rings is 4. The number of carbonyl (C=O) groups is 1. The summed E-state index contributed by atoms with van der Waals surface area (Å²) < 4.78 is 0. The van der Waals surface area contributed by atoms with Gasteiger partial charge in [-0.3, -0.25) is 4.79 Å². The van der Waals surface area contributed by atoms with E-state index in [1.807, 2.05) is 18.2 Å². The second-order valence-electron chi connectivity index (χ2n) is 14.9. The molecule has 5 nitrogen and oxygen atoms in total. The first-order valence-corrected chi connectivity index (χ1v) is 18.9. The highest BCUT2D eigenvalue weighted by Gasteiger charge is 2.36. The van der Waals surface area contributed by atoms with Crippen molar-refractivity contribution in [2.45, 2.75) is 106 Å². The van der Waals surface area contributed by atoms with Gasteiger partial charge in [0, 0.05) is 35.0 Å². The molecular weight excluding hydrogens is 629 g/mol. The van der Waals surface area contributed by atoms with Crippen LogP contribution >= 0.6 is 0 Å². The van der Waals surface area contributed by atoms with E-state index in [0.29, 0.717) is 18.3 Å². The van der Waals surface area contributed by atoms with Gasteiger partial charge in [0.1, 0.15) is 0 Å². The average Bonchev–Trinajstić information content (AvgIpc) is 3.78. The highest BCUT2D eigenvalue weighted by atomic mass is 16.3. The van der Waals surface area contributed by atoms with Gasteiger partial charge in [-0.15, -0.1) is 0 Å². The van der Waals surface area contributed by atoms with Gasteiger partial charge in [0.25, 0.3) is 0 Å².